The topological polar surface area (TPSA) is 65.2 Å². The molecule has 2 aliphatic rings. The first kappa shape index (κ1) is 14.3. The maximum Gasteiger partial charge on any atom is 0.256 e. The van der Waals surface area contributed by atoms with Crippen molar-refractivity contribution in [1.29, 1.82) is 0 Å². The minimum absolute atomic E-state index is 0.0605. The fraction of sp³-hybridized carbons (Fsp3) is 0.444. The molecular weight excluding hydrogens is 290 g/mol. The summed E-state index contributed by atoms with van der Waals surface area (Å²) in [6, 6.07) is 8.09. The number of fused-ring (bicyclic) bond motifs is 2. The zero-order valence-electron chi connectivity index (χ0n) is 13.2. The number of hydrogen-bond donors (Lipinski definition) is 2. The summed E-state index contributed by atoms with van der Waals surface area (Å²) in [5, 5.41) is 3.92. The van der Waals surface area contributed by atoms with Gasteiger partial charge in [-0.05, 0) is 30.7 Å². The lowest BCUT2D eigenvalue weighted by Gasteiger charge is -2.24. The standard InChI is InChI=1S/C18H21N3O2/c1-21(13-6-11-8-17(22)20-9-12(11)7-13)18(23)15-10-19-16-5-3-2-4-14(15)16/h2-5,10-13,19H,6-9H2,1H3,(H,20,22)/t11-,12+,13-/m1/s1. The zero-order chi connectivity index (χ0) is 16.0. The number of H-pyrrole nitrogens is 1. The van der Waals surface area contributed by atoms with Gasteiger partial charge in [-0.25, -0.2) is 0 Å². The molecule has 1 aliphatic heterocycles. The molecule has 2 fully saturated rings. The van der Waals surface area contributed by atoms with E-state index in [0.29, 0.717) is 18.3 Å². The van der Waals surface area contributed by atoms with Gasteiger partial charge in [0.1, 0.15) is 0 Å². The average Bonchev–Trinajstić information content (AvgIpc) is 3.16. The molecule has 2 N–H and O–H groups in total. The number of aromatic nitrogens is 1. The molecule has 3 atom stereocenters. The van der Waals surface area contributed by atoms with Crippen molar-refractivity contribution in [3.05, 3.63) is 36.0 Å². The molecule has 5 nitrogen and oxygen atoms in total. The van der Waals surface area contributed by atoms with E-state index in [2.05, 4.69) is 10.3 Å². The average molecular weight is 311 g/mol. The number of piperidine rings is 1. The van der Waals surface area contributed by atoms with E-state index < -0.39 is 0 Å². The molecule has 1 aromatic heterocycles. The molecule has 1 saturated carbocycles. The Morgan fingerprint density at radius 2 is 2.00 bits per heavy atom. The fourth-order valence-corrected chi connectivity index (χ4v) is 4.16. The molecule has 2 heterocycles. The highest BCUT2D eigenvalue weighted by atomic mass is 16.2. The summed E-state index contributed by atoms with van der Waals surface area (Å²) >= 11 is 0. The van der Waals surface area contributed by atoms with Crippen molar-refractivity contribution in [3.63, 3.8) is 0 Å². The minimum Gasteiger partial charge on any atom is -0.360 e. The Morgan fingerprint density at radius 3 is 2.87 bits per heavy atom. The van der Waals surface area contributed by atoms with E-state index in [1.54, 1.807) is 6.20 Å². The summed E-state index contributed by atoms with van der Waals surface area (Å²) in [4.78, 5) is 29.5. The number of nitrogens with zero attached hydrogens (tertiary/aromatic N) is 1. The summed E-state index contributed by atoms with van der Waals surface area (Å²) < 4.78 is 0. The predicted molar refractivity (Wildman–Crippen MR) is 88.0 cm³/mol. The molecule has 2 aromatic rings. The monoisotopic (exact) mass is 311 g/mol. The van der Waals surface area contributed by atoms with Gasteiger partial charge in [0.2, 0.25) is 5.91 Å². The van der Waals surface area contributed by atoms with Gasteiger partial charge in [0.15, 0.2) is 0 Å². The highest BCUT2D eigenvalue weighted by molar-refractivity contribution is 6.06. The van der Waals surface area contributed by atoms with Crippen molar-refractivity contribution in [3.8, 4) is 0 Å². The predicted octanol–water partition coefficient (Wildman–Crippen LogP) is 2.15. The van der Waals surface area contributed by atoms with Crippen molar-refractivity contribution < 1.29 is 9.59 Å². The van der Waals surface area contributed by atoms with E-state index >= 15 is 0 Å². The van der Waals surface area contributed by atoms with E-state index in [-0.39, 0.29) is 17.9 Å². The molecule has 0 radical (unpaired) electrons. The number of hydrogen-bond acceptors (Lipinski definition) is 2. The molecule has 2 amide bonds. The Bertz CT molecular complexity index is 766. The Labute approximate surface area is 135 Å². The van der Waals surface area contributed by atoms with Gasteiger partial charge in [-0.2, -0.15) is 0 Å². The van der Waals surface area contributed by atoms with Crippen molar-refractivity contribution in [2.45, 2.75) is 25.3 Å². The smallest absolute Gasteiger partial charge is 0.256 e. The first-order valence-corrected chi connectivity index (χ1v) is 8.23. The van der Waals surface area contributed by atoms with Crippen LogP contribution in [0.5, 0.6) is 0 Å². The van der Waals surface area contributed by atoms with E-state index in [1.165, 1.54) is 0 Å². The van der Waals surface area contributed by atoms with Gasteiger partial charge in [0.25, 0.3) is 5.91 Å². The SMILES string of the molecule is CN(C(=O)c1c[nH]c2ccccc12)[C@H]1C[C@H]2CNC(=O)C[C@H]2C1. The first-order valence-electron chi connectivity index (χ1n) is 8.23. The van der Waals surface area contributed by atoms with E-state index in [1.807, 2.05) is 36.2 Å². The number of rotatable bonds is 2. The second-order valence-electron chi connectivity index (χ2n) is 6.82. The zero-order valence-corrected chi connectivity index (χ0v) is 13.2. The molecule has 120 valence electrons. The third-order valence-corrected chi connectivity index (χ3v) is 5.51. The number of carbonyl (C=O) groups excluding carboxylic acids is 2. The Hall–Kier alpha value is -2.30. The van der Waals surface area contributed by atoms with Crippen molar-refractivity contribution >= 4 is 22.7 Å². The van der Waals surface area contributed by atoms with Crippen LogP contribution in [0.3, 0.4) is 0 Å². The summed E-state index contributed by atoms with van der Waals surface area (Å²) in [6.07, 6.45) is 4.32. The minimum atomic E-state index is 0.0605. The van der Waals surface area contributed by atoms with E-state index in [4.69, 9.17) is 0 Å². The van der Waals surface area contributed by atoms with E-state index in [0.717, 1.165) is 35.9 Å². The van der Waals surface area contributed by atoms with Crippen molar-refractivity contribution in [2.75, 3.05) is 13.6 Å². The van der Waals surface area contributed by atoms with Gasteiger partial charge in [-0.1, -0.05) is 18.2 Å². The van der Waals surface area contributed by atoms with Crippen LogP contribution in [0.25, 0.3) is 10.9 Å². The maximum absolute atomic E-state index is 12.9. The Balaban J connectivity index is 1.54. The number of amides is 2. The molecule has 0 spiro atoms. The van der Waals surface area contributed by atoms with Crippen LogP contribution >= 0.6 is 0 Å². The normalized spacial score (nSPS) is 26.8. The molecule has 1 saturated heterocycles. The second-order valence-corrected chi connectivity index (χ2v) is 6.82. The molecule has 0 bridgehead atoms. The van der Waals surface area contributed by atoms with Gasteiger partial charge in [-0.3, -0.25) is 9.59 Å². The van der Waals surface area contributed by atoms with Gasteiger partial charge < -0.3 is 15.2 Å². The first-order chi connectivity index (χ1) is 11.1. The molecule has 1 aliphatic carbocycles. The molecule has 1 aromatic carbocycles. The lowest BCUT2D eigenvalue weighted by Crippen LogP contribution is -2.38. The highest BCUT2D eigenvalue weighted by Crippen LogP contribution is 2.38. The van der Waals surface area contributed by atoms with Crippen LogP contribution in [-0.2, 0) is 4.79 Å². The summed E-state index contributed by atoms with van der Waals surface area (Å²) in [5.41, 5.74) is 1.71. The van der Waals surface area contributed by atoms with Crippen LogP contribution in [0.15, 0.2) is 30.5 Å². The van der Waals surface area contributed by atoms with Crippen LogP contribution in [0.2, 0.25) is 0 Å². The molecule has 23 heavy (non-hydrogen) atoms. The van der Waals surface area contributed by atoms with E-state index in [9.17, 15) is 9.59 Å². The van der Waals surface area contributed by atoms with Crippen LogP contribution in [0, 0.1) is 11.8 Å². The van der Waals surface area contributed by atoms with Gasteiger partial charge in [0.05, 0.1) is 5.56 Å². The quantitative estimate of drug-likeness (QED) is 0.892. The van der Waals surface area contributed by atoms with Crippen LogP contribution in [0.1, 0.15) is 29.6 Å². The summed E-state index contributed by atoms with van der Waals surface area (Å²) in [6.45, 7) is 0.759. The third kappa shape index (κ3) is 2.40. The Kier molecular flexibility index (Phi) is 3.36. The maximum atomic E-state index is 12.9. The fourth-order valence-electron chi connectivity index (χ4n) is 4.16. The number of aromatic amines is 1. The highest BCUT2D eigenvalue weighted by Gasteiger charge is 2.40. The number of para-hydroxylation sites is 1. The lowest BCUT2D eigenvalue weighted by atomic mass is 9.89. The molecule has 5 heteroatoms. The van der Waals surface area contributed by atoms with Gasteiger partial charge >= 0.3 is 0 Å². The number of nitrogens with one attached hydrogen (secondary N) is 2. The van der Waals surface area contributed by atoms with Crippen molar-refractivity contribution in [1.82, 2.24) is 15.2 Å². The van der Waals surface area contributed by atoms with Gasteiger partial charge in [0, 0.05) is 43.2 Å². The second kappa shape index (κ2) is 5.41. The Morgan fingerprint density at radius 1 is 1.22 bits per heavy atom. The van der Waals surface area contributed by atoms with Crippen LogP contribution in [0.4, 0.5) is 0 Å². The van der Waals surface area contributed by atoms with Gasteiger partial charge in [-0.15, -0.1) is 0 Å². The van der Waals surface area contributed by atoms with Crippen LogP contribution in [-0.4, -0.2) is 41.3 Å². The number of benzene rings is 1. The number of carbonyl (C=O) groups is 2. The van der Waals surface area contributed by atoms with Crippen molar-refractivity contribution in [2.24, 2.45) is 11.8 Å². The third-order valence-electron chi connectivity index (χ3n) is 5.51. The lowest BCUT2D eigenvalue weighted by molar-refractivity contribution is -0.124. The molecular formula is C18H21N3O2. The largest absolute Gasteiger partial charge is 0.360 e. The van der Waals surface area contributed by atoms with Crippen LogP contribution < -0.4 is 5.32 Å². The molecule has 0 unspecified atom stereocenters. The molecule has 4 rings (SSSR count). The summed E-state index contributed by atoms with van der Waals surface area (Å²) in [7, 11) is 1.89. The summed E-state index contributed by atoms with van der Waals surface area (Å²) in [5.74, 6) is 1.14.